The molecule has 1 saturated heterocycles. The summed E-state index contributed by atoms with van der Waals surface area (Å²) < 4.78 is 0. The van der Waals surface area contributed by atoms with Crippen molar-refractivity contribution in [2.75, 3.05) is 18.8 Å². The molecule has 0 bridgehead atoms. The number of nitrogens with two attached hydrogens (primary N) is 1. The van der Waals surface area contributed by atoms with Crippen LogP contribution in [0.1, 0.15) is 33.1 Å². The Morgan fingerprint density at radius 3 is 2.50 bits per heavy atom. The molecule has 0 aliphatic carbocycles. The highest BCUT2D eigenvalue weighted by Crippen LogP contribution is 2.19. The molecule has 1 fully saturated rings. The van der Waals surface area contributed by atoms with Crippen molar-refractivity contribution < 1.29 is 24.3 Å². The summed E-state index contributed by atoms with van der Waals surface area (Å²) in [5.41, 5.74) is 5.93. The molecule has 148 valence electrons. The number of carboxylic acid groups (broad SMARTS) is 1. The number of nitrogens with one attached hydrogen (secondary N) is 2. The normalized spacial score (nSPS) is 19.1. The molecule has 0 saturated carbocycles. The lowest BCUT2D eigenvalue weighted by Gasteiger charge is -2.27. The first-order chi connectivity index (χ1) is 12.2. The molecule has 9 nitrogen and oxygen atoms in total. The van der Waals surface area contributed by atoms with Gasteiger partial charge in [0.2, 0.25) is 17.7 Å². The number of likely N-dealkylation sites (tertiary alicyclic amines) is 1. The minimum atomic E-state index is -1.20. The van der Waals surface area contributed by atoms with E-state index in [1.807, 2.05) is 13.8 Å². The number of carboxylic acids is 1. The average molecular weight is 388 g/mol. The van der Waals surface area contributed by atoms with Crippen molar-refractivity contribution in [3.63, 3.8) is 0 Å². The van der Waals surface area contributed by atoms with Crippen molar-refractivity contribution >= 4 is 36.3 Å². The van der Waals surface area contributed by atoms with Gasteiger partial charge >= 0.3 is 5.97 Å². The first-order valence-corrected chi connectivity index (χ1v) is 9.27. The summed E-state index contributed by atoms with van der Waals surface area (Å²) in [4.78, 5) is 48.9. The molecule has 1 aliphatic heterocycles. The highest BCUT2D eigenvalue weighted by atomic mass is 32.1. The van der Waals surface area contributed by atoms with Crippen LogP contribution < -0.4 is 16.4 Å². The molecule has 1 heterocycles. The van der Waals surface area contributed by atoms with E-state index in [9.17, 15) is 19.2 Å². The van der Waals surface area contributed by atoms with Gasteiger partial charge in [-0.05, 0) is 25.2 Å². The Bertz CT molecular complexity index is 543. The van der Waals surface area contributed by atoms with Gasteiger partial charge in [0, 0.05) is 12.3 Å². The fourth-order valence-electron chi connectivity index (χ4n) is 2.84. The molecule has 3 amide bonds. The van der Waals surface area contributed by atoms with E-state index in [4.69, 9.17) is 10.8 Å². The van der Waals surface area contributed by atoms with Crippen molar-refractivity contribution in [3.8, 4) is 0 Å². The molecule has 0 radical (unpaired) electrons. The van der Waals surface area contributed by atoms with E-state index in [1.165, 1.54) is 4.90 Å². The van der Waals surface area contributed by atoms with Gasteiger partial charge in [0.15, 0.2) is 0 Å². The second-order valence-electron chi connectivity index (χ2n) is 6.78. The zero-order valence-corrected chi connectivity index (χ0v) is 16.0. The van der Waals surface area contributed by atoms with E-state index in [1.54, 1.807) is 0 Å². The standard InChI is InChI=1S/C16H28N4O5S/c1-9(2)6-10(17)15(23)20-5-3-4-12(20)14(22)18-7-13(21)19-11(8-26)16(24)25/h9-12,26H,3-8,17H2,1-2H3,(H,18,22)(H,19,21)(H,24,25)/t10-,11-,12-/m0/s1. The predicted molar refractivity (Wildman–Crippen MR) is 98.6 cm³/mol. The van der Waals surface area contributed by atoms with Crippen molar-refractivity contribution in [1.29, 1.82) is 0 Å². The molecule has 0 aromatic heterocycles. The van der Waals surface area contributed by atoms with Crippen molar-refractivity contribution in [2.24, 2.45) is 11.7 Å². The van der Waals surface area contributed by atoms with Crippen molar-refractivity contribution in [2.45, 2.75) is 51.2 Å². The summed E-state index contributed by atoms with van der Waals surface area (Å²) in [5, 5.41) is 13.6. The number of hydrogen-bond acceptors (Lipinski definition) is 6. The molecule has 5 N–H and O–H groups in total. The third-order valence-corrected chi connectivity index (χ3v) is 4.49. The van der Waals surface area contributed by atoms with Crippen LogP contribution in [0, 0.1) is 5.92 Å². The highest BCUT2D eigenvalue weighted by molar-refractivity contribution is 7.80. The third kappa shape index (κ3) is 6.49. The van der Waals surface area contributed by atoms with E-state index in [-0.39, 0.29) is 24.1 Å². The summed E-state index contributed by atoms with van der Waals surface area (Å²) in [5.74, 6) is -2.34. The van der Waals surface area contributed by atoms with Gasteiger partial charge < -0.3 is 26.4 Å². The quantitative estimate of drug-likeness (QED) is 0.320. The Morgan fingerprint density at radius 2 is 1.96 bits per heavy atom. The fraction of sp³-hybridized carbons (Fsp3) is 0.750. The van der Waals surface area contributed by atoms with E-state index < -0.39 is 35.9 Å². The maximum absolute atomic E-state index is 12.5. The number of thiol groups is 1. The van der Waals surface area contributed by atoms with Crippen LogP contribution in [0.5, 0.6) is 0 Å². The molecule has 0 unspecified atom stereocenters. The lowest BCUT2D eigenvalue weighted by molar-refractivity contribution is -0.141. The molecule has 0 aromatic carbocycles. The number of carbonyl (C=O) groups is 4. The number of carbonyl (C=O) groups excluding carboxylic acids is 3. The molecule has 0 aromatic rings. The molecule has 1 rings (SSSR count). The van der Waals surface area contributed by atoms with E-state index in [0.29, 0.717) is 25.8 Å². The molecule has 3 atom stereocenters. The van der Waals surface area contributed by atoms with Crippen LogP contribution in [0.2, 0.25) is 0 Å². The summed E-state index contributed by atoms with van der Waals surface area (Å²) in [6, 6.07) is -2.44. The summed E-state index contributed by atoms with van der Waals surface area (Å²) in [6.07, 6.45) is 1.72. The summed E-state index contributed by atoms with van der Waals surface area (Å²) in [7, 11) is 0. The lowest BCUT2D eigenvalue weighted by Crippen LogP contribution is -2.53. The second-order valence-corrected chi connectivity index (χ2v) is 7.15. The van der Waals surface area contributed by atoms with Crippen LogP contribution in [-0.4, -0.2) is 70.7 Å². The number of aliphatic carboxylic acids is 1. The third-order valence-electron chi connectivity index (χ3n) is 4.12. The van der Waals surface area contributed by atoms with Crippen LogP contribution in [0.3, 0.4) is 0 Å². The number of nitrogens with zero attached hydrogens (tertiary/aromatic N) is 1. The van der Waals surface area contributed by atoms with Crippen LogP contribution in [0.25, 0.3) is 0 Å². The summed E-state index contributed by atoms with van der Waals surface area (Å²) in [6.45, 7) is 4.02. The number of amides is 3. The molecular formula is C16H28N4O5S. The lowest BCUT2D eigenvalue weighted by atomic mass is 10.0. The van der Waals surface area contributed by atoms with Gasteiger partial charge in [0.1, 0.15) is 12.1 Å². The summed E-state index contributed by atoms with van der Waals surface area (Å²) >= 11 is 3.85. The smallest absolute Gasteiger partial charge is 0.327 e. The molecule has 1 aliphatic rings. The minimum absolute atomic E-state index is 0.0618. The van der Waals surface area contributed by atoms with Crippen molar-refractivity contribution in [1.82, 2.24) is 15.5 Å². The predicted octanol–water partition coefficient (Wildman–Crippen LogP) is -1.03. The maximum atomic E-state index is 12.5. The zero-order chi connectivity index (χ0) is 19.9. The van der Waals surface area contributed by atoms with Gasteiger partial charge in [-0.25, -0.2) is 4.79 Å². The van der Waals surface area contributed by atoms with Gasteiger partial charge in [-0.1, -0.05) is 13.8 Å². The van der Waals surface area contributed by atoms with E-state index in [2.05, 4.69) is 23.3 Å². The molecular weight excluding hydrogens is 360 g/mol. The van der Waals surface area contributed by atoms with Gasteiger partial charge in [-0.15, -0.1) is 0 Å². The first-order valence-electron chi connectivity index (χ1n) is 8.64. The van der Waals surface area contributed by atoms with Crippen LogP contribution in [0.15, 0.2) is 0 Å². The second kappa shape index (κ2) is 10.4. The van der Waals surface area contributed by atoms with Crippen LogP contribution >= 0.6 is 12.6 Å². The monoisotopic (exact) mass is 388 g/mol. The molecule has 10 heteroatoms. The highest BCUT2D eigenvalue weighted by Gasteiger charge is 2.36. The van der Waals surface area contributed by atoms with Gasteiger partial charge in [-0.3, -0.25) is 14.4 Å². The zero-order valence-electron chi connectivity index (χ0n) is 15.1. The van der Waals surface area contributed by atoms with Gasteiger partial charge in [-0.2, -0.15) is 12.6 Å². The SMILES string of the molecule is CC(C)C[C@H](N)C(=O)N1CCC[C@H]1C(=O)NCC(=O)N[C@@H](CS)C(=O)O. The number of rotatable bonds is 9. The Hall–Kier alpha value is -1.81. The Morgan fingerprint density at radius 1 is 1.31 bits per heavy atom. The molecule has 0 spiro atoms. The minimum Gasteiger partial charge on any atom is -0.480 e. The maximum Gasteiger partial charge on any atom is 0.327 e. The largest absolute Gasteiger partial charge is 0.480 e. The first kappa shape index (κ1) is 22.2. The average Bonchev–Trinajstić information content (AvgIpc) is 3.05. The topological polar surface area (TPSA) is 142 Å². The van der Waals surface area contributed by atoms with Crippen LogP contribution in [0.4, 0.5) is 0 Å². The number of hydrogen-bond donors (Lipinski definition) is 5. The van der Waals surface area contributed by atoms with E-state index in [0.717, 1.165) is 0 Å². The van der Waals surface area contributed by atoms with Crippen LogP contribution in [-0.2, 0) is 19.2 Å². The van der Waals surface area contributed by atoms with Gasteiger partial charge in [0.05, 0.1) is 12.6 Å². The Labute approximate surface area is 158 Å². The Kier molecular flexibility index (Phi) is 8.86. The van der Waals surface area contributed by atoms with Gasteiger partial charge in [0.25, 0.3) is 0 Å². The Balaban J connectivity index is 2.56. The van der Waals surface area contributed by atoms with Crippen molar-refractivity contribution in [3.05, 3.63) is 0 Å². The fourth-order valence-corrected chi connectivity index (χ4v) is 3.09. The molecule has 26 heavy (non-hydrogen) atoms. The van der Waals surface area contributed by atoms with E-state index >= 15 is 0 Å².